The second-order valence-corrected chi connectivity index (χ2v) is 6.73. The lowest BCUT2D eigenvalue weighted by molar-refractivity contribution is -0.138. The van der Waals surface area contributed by atoms with Gasteiger partial charge in [0.25, 0.3) is 0 Å². The zero-order valence-corrected chi connectivity index (χ0v) is 13.4. The SMILES string of the molecule is C=CCC(NS(=O)(=O)c1c(C)nn(C(C)C)c1C)C(=O)O. The monoisotopic (exact) mass is 315 g/mol. The molecule has 0 aromatic carbocycles. The summed E-state index contributed by atoms with van der Waals surface area (Å²) < 4.78 is 28.7. The Morgan fingerprint density at radius 2 is 2.05 bits per heavy atom. The van der Waals surface area contributed by atoms with E-state index in [4.69, 9.17) is 5.11 Å². The summed E-state index contributed by atoms with van der Waals surface area (Å²) in [6.07, 6.45) is 1.36. The maximum Gasteiger partial charge on any atom is 0.322 e. The van der Waals surface area contributed by atoms with Gasteiger partial charge in [-0.15, -0.1) is 6.58 Å². The molecule has 0 bridgehead atoms. The predicted molar refractivity (Wildman–Crippen MR) is 78.6 cm³/mol. The molecule has 1 aromatic rings. The average Bonchev–Trinajstić information content (AvgIpc) is 2.64. The lowest BCUT2D eigenvalue weighted by atomic mass is 10.2. The van der Waals surface area contributed by atoms with Crippen LogP contribution in [-0.2, 0) is 14.8 Å². The molecule has 0 saturated heterocycles. The second kappa shape index (κ2) is 6.40. The fourth-order valence-corrected chi connectivity index (χ4v) is 3.75. The fraction of sp³-hybridized carbons (Fsp3) is 0.538. The summed E-state index contributed by atoms with van der Waals surface area (Å²) in [5.41, 5.74) is 0.828. The van der Waals surface area contributed by atoms with Crippen LogP contribution in [0, 0.1) is 13.8 Å². The van der Waals surface area contributed by atoms with Gasteiger partial charge in [0, 0.05) is 6.04 Å². The number of aromatic nitrogens is 2. The Hall–Kier alpha value is -1.67. The highest BCUT2D eigenvalue weighted by Gasteiger charge is 2.29. The third kappa shape index (κ3) is 3.70. The summed E-state index contributed by atoms with van der Waals surface area (Å²) >= 11 is 0. The lowest BCUT2D eigenvalue weighted by Gasteiger charge is -2.14. The first kappa shape index (κ1) is 17.4. The molecule has 7 nitrogen and oxygen atoms in total. The van der Waals surface area contributed by atoms with E-state index >= 15 is 0 Å². The molecule has 2 N–H and O–H groups in total. The molecule has 0 fully saturated rings. The van der Waals surface area contributed by atoms with Gasteiger partial charge in [-0.25, -0.2) is 8.42 Å². The van der Waals surface area contributed by atoms with Gasteiger partial charge in [-0.3, -0.25) is 9.48 Å². The molecule has 0 aliphatic carbocycles. The molecule has 118 valence electrons. The second-order valence-electron chi connectivity index (χ2n) is 5.07. The molecule has 1 unspecified atom stereocenters. The van der Waals surface area contributed by atoms with Gasteiger partial charge in [-0.1, -0.05) is 6.08 Å². The number of nitrogens with one attached hydrogen (secondary N) is 1. The minimum absolute atomic E-state index is 0.00494. The summed E-state index contributed by atoms with van der Waals surface area (Å²) in [5.74, 6) is -1.25. The van der Waals surface area contributed by atoms with Crippen LogP contribution in [-0.4, -0.2) is 35.3 Å². The van der Waals surface area contributed by atoms with Gasteiger partial charge in [0.05, 0.1) is 11.4 Å². The normalized spacial score (nSPS) is 13.4. The number of rotatable bonds is 7. The Morgan fingerprint density at radius 1 is 1.48 bits per heavy atom. The molecule has 8 heteroatoms. The number of hydrogen-bond acceptors (Lipinski definition) is 4. The number of aliphatic carboxylic acids is 1. The van der Waals surface area contributed by atoms with E-state index in [1.165, 1.54) is 6.08 Å². The Kier molecular flexibility index (Phi) is 5.30. The number of carboxylic acids is 1. The molecule has 1 heterocycles. The topological polar surface area (TPSA) is 101 Å². The number of nitrogens with zero attached hydrogens (tertiary/aromatic N) is 2. The highest BCUT2D eigenvalue weighted by Crippen LogP contribution is 2.22. The van der Waals surface area contributed by atoms with Crippen LogP contribution in [0.4, 0.5) is 0 Å². The van der Waals surface area contributed by atoms with Crippen LogP contribution in [0.25, 0.3) is 0 Å². The minimum atomic E-state index is -3.96. The van der Waals surface area contributed by atoms with Crippen molar-refractivity contribution in [3.63, 3.8) is 0 Å². The van der Waals surface area contributed by atoms with Crippen molar-refractivity contribution in [3.8, 4) is 0 Å². The summed E-state index contributed by atoms with van der Waals surface area (Å²) in [7, 11) is -3.96. The van der Waals surface area contributed by atoms with Crippen molar-refractivity contribution >= 4 is 16.0 Å². The lowest BCUT2D eigenvalue weighted by Crippen LogP contribution is -2.40. The zero-order valence-electron chi connectivity index (χ0n) is 12.6. The zero-order chi connectivity index (χ0) is 16.4. The number of aryl methyl sites for hydroxylation is 1. The Morgan fingerprint density at radius 3 is 2.43 bits per heavy atom. The molecule has 21 heavy (non-hydrogen) atoms. The number of carbonyl (C=O) groups is 1. The van der Waals surface area contributed by atoms with Crippen LogP contribution in [0.1, 0.15) is 37.7 Å². The van der Waals surface area contributed by atoms with Crippen molar-refractivity contribution in [1.29, 1.82) is 0 Å². The third-order valence-corrected chi connectivity index (χ3v) is 4.74. The Bertz CT molecular complexity index is 647. The molecule has 1 rings (SSSR count). The summed E-state index contributed by atoms with van der Waals surface area (Å²) in [6, 6.07) is -1.23. The van der Waals surface area contributed by atoms with Crippen LogP contribution >= 0.6 is 0 Å². The molecule has 0 spiro atoms. The number of carboxylic acid groups (broad SMARTS) is 1. The maximum absolute atomic E-state index is 12.4. The molecule has 0 radical (unpaired) electrons. The van der Waals surface area contributed by atoms with Crippen molar-refractivity contribution in [1.82, 2.24) is 14.5 Å². The number of sulfonamides is 1. The first-order valence-corrected chi connectivity index (χ1v) is 8.01. The van der Waals surface area contributed by atoms with Gasteiger partial charge < -0.3 is 5.11 Å². The van der Waals surface area contributed by atoms with Gasteiger partial charge in [0.15, 0.2) is 0 Å². The van der Waals surface area contributed by atoms with Crippen molar-refractivity contribution < 1.29 is 18.3 Å². The van der Waals surface area contributed by atoms with Crippen molar-refractivity contribution in [2.75, 3.05) is 0 Å². The molecule has 0 saturated carbocycles. The molecule has 0 aliphatic rings. The Labute approximate surface area is 124 Å². The predicted octanol–water partition coefficient (Wildman–Crippen LogP) is 1.39. The van der Waals surface area contributed by atoms with Gasteiger partial charge in [0.2, 0.25) is 10.0 Å². The quantitative estimate of drug-likeness (QED) is 0.740. The first-order valence-electron chi connectivity index (χ1n) is 6.53. The average molecular weight is 315 g/mol. The molecule has 0 aliphatic heterocycles. The van der Waals surface area contributed by atoms with Crippen LogP contribution in [0.5, 0.6) is 0 Å². The van der Waals surface area contributed by atoms with Gasteiger partial charge in [-0.05, 0) is 34.1 Å². The first-order chi connectivity index (χ1) is 9.61. The summed E-state index contributed by atoms with van der Waals surface area (Å²) in [5, 5.41) is 13.3. The van der Waals surface area contributed by atoms with Gasteiger partial charge in [-0.2, -0.15) is 9.82 Å². The number of hydrogen-bond donors (Lipinski definition) is 2. The van der Waals surface area contributed by atoms with Crippen molar-refractivity contribution in [2.45, 2.75) is 51.1 Å². The highest BCUT2D eigenvalue weighted by atomic mass is 32.2. The van der Waals surface area contributed by atoms with E-state index in [-0.39, 0.29) is 17.4 Å². The molecule has 0 amide bonds. The van der Waals surface area contributed by atoms with E-state index in [9.17, 15) is 13.2 Å². The van der Waals surface area contributed by atoms with Crippen LogP contribution in [0.3, 0.4) is 0 Å². The fourth-order valence-electron chi connectivity index (χ4n) is 2.15. The third-order valence-electron chi connectivity index (χ3n) is 3.01. The van der Waals surface area contributed by atoms with Gasteiger partial charge in [0.1, 0.15) is 10.9 Å². The highest BCUT2D eigenvalue weighted by molar-refractivity contribution is 7.89. The maximum atomic E-state index is 12.4. The van der Waals surface area contributed by atoms with E-state index in [0.717, 1.165) is 0 Å². The van der Waals surface area contributed by atoms with E-state index in [0.29, 0.717) is 11.4 Å². The van der Waals surface area contributed by atoms with E-state index < -0.39 is 22.0 Å². The van der Waals surface area contributed by atoms with Crippen LogP contribution in [0.2, 0.25) is 0 Å². The largest absolute Gasteiger partial charge is 0.480 e. The van der Waals surface area contributed by atoms with Crippen LogP contribution in [0.15, 0.2) is 17.6 Å². The van der Waals surface area contributed by atoms with E-state index in [1.807, 2.05) is 13.8 Å². The Balaban J connectivity index is 3.25. The minimum Gasteiger partial charge on any atom is -0.480 e. The molecular formula is C13H21N3O4S. The van der Waals surface area contributed by atoms with Crippen molar-refractivity contribution in [2.24, 2.45) is 0 Å². The smallest absolute Gasteiger partial charge is 0.322 e. The summed E-state index contributed by atoms with van der Waals surface area (Å²) in [4.78, 5) is 11.1. The summed E-state index contributed by atoms with van der Waals surface area (Å²) in [6.45, 7) is 10.5. The molecule has 1 atom stereocenters. The molecule has 1 aromatic heterocycles. The standard InChI is InChI=1S/C13H21N3O4S/c1-6-7-11(13(17)18)15-21(19,20)12-9(4)14-16(8(2)3)10(12)5/h6,8,11,15H,1,7H2,2-5H3,(H,17,18). The van der Waals surface area contributed by atoms with Crippen LogP contribution < -0.4 is 4.72 Å². The van der Waals surface area contributed by atoms with Crippen molar-refractivity contribution in [3.05, 3.63) is 24.0 Å². The van der Waals surface area contributed by atoms with Gasteiger partial charge >= 0.3 is 5.97 Å². The molecular weight excluding hydrogens is 294 g/mol. The van der Waals surface area contributed by atoms with E-state index in [2.05, 4.69) is 16.4 Å². The van der Waals surface area contributed by atoms with E-state index in [1.54, 1.807) is 18.5 Å².